The van der Waals surface area contributed by atoms with Crippen LogP contribution in [-0.4, -0.2) is 48.4 Å². The number of allylic oxidation sites excluding steroid dienone is 1. The molecule has 2 saturated heterocycles. The fourth-order valence-electron chi connectivity index (χ4n) is 3.94. The molecule has 22 heavy (non-hydrogen) atoms. The van der Waals surface area contributed by atoms with Crippen molar-refractivity contribution in [1.82, 2.24) is 9.80 Å². The van der Waals surface area contributed by atoms with Gasteiger partial charge in [0.15, 0.2) is 0 Å². The summed E-state index contributed by atoms with van der Waals surface area (Å²) < 4.78 is 0. The molecule has 0 aromatic carbocycles. The Morgan fingerprint density at radius 2 is 1.59 bits per heavy atom. The fraction of sp³-hybridized carbons (Fsp3) is 0.842. The van der Waals surface area contributed by atoms with E-state index in [0.29, 0.717) is 17.7 Å². The summed E-state index contributed by atoms with van der Waals surface area (Å²) in [6, 6.07) is 0. The van der Waals surface area contributed by atoms with Gasteiger partial charge >= 0.3 is 0 Å². The molecule has 2 rings (SSSR count). The number of amides is 1. The molecule has 2 aliphatic heterocycles. The summed E-state index contributed by atoms with van der Waals surface area (Å²) in [5, 5.41) is 0. The first-order valence-corrected chi connectivity index (χ1v) is 9.05. The van der Waals surface area contributed by atoms with Crippen molar-refractivity contribution < 1.29 is 4.79 Å². The largest absolute Gasteiger partial charge is 0.343 e. The van der Waals surface area contributed by atoms with Gasteiger partial charge in [-0.05, 0) is 63.5 Å². The maximum Gasteiger partial charge on any atom is 0.222 e. The second-order valence-corrected chi connectivity index (χ2v) is 8.03. The second kappa shape index (κ2) is 7.63. The molecule has 0 saturated carbocycles. The number of hydrogen-bond acceptors (Lipinski definition) is 2. The van der Waals surface area contributed by atoms with Crippen LogP contribution in [0.25, 0.3) is 0 Å². The molecule has 2 fully saturated rings. The summed E-state index contributed by atoms with van der Waals surface area (Å²) in [5.74, 6) is 1.09. The van der Waals surface area contributed by atoms with Crippen LogP contribution >= 0.6 is 0 Å². The van der Waals surface area contributed by atoms with Crippen molar-refractivity contribution in [3.05, 3.63) is 12.2 Å². The van der Waals surface area contributed by atoms with E-state index in [1.54, 1.807) is 0 Å². The summed E-state index contributed by atoms with van der Waals surface area (Å²) in [5.41, 5.74) is 1.64. The van der Waals surface area contributed by atoms with Crippen molar-refractivity contribution >= 4 is 5.91 Å². The van der Waals surface area contributed by atoms with Crippen LogP contribution in [0.1, 0.15) is 59.3 Å². The highest BCUT2D eigenvalue weighted by molar-refractivity contribution is 5.76. The first-order valence-electron chi connectivity index (χ1n) is 9.05. The van der Waals surface area contributed by atoms with Crippen LogP contribution in [0.15, 0.2) is 12.2 Å². The number of nitrogens with zero attached hydrogens (tertiary/aromatic N) is 2. The molecule has 3 nitrogen and oxygen atoms in total. The molecular formula is C19H34N2O. The van der Waals surface area contributed by atoms with Crippen molar-refractivity contribution in [3.63, 3.8) is 0 Å². The van der Waals surface area contributed by atoms with Gasteiger partial charge in [-0.1, -0.05) is 19.4 Å². The van der Waals surface area contributed by atoms with Gasteiger partial charge in [0, 0.05) is 26.1 Å². The SMILES string of the molecule is C=C(C)CCC(=O)N1CCC2(CCN(CC(C)C)CC2)CC1. The van der Waals surface area contributed by atoms with Crippen LogP contribution in [0.3, 0.4) is 0 Å². The highest BCUT2D eigenvalue weighted by Gasteiger charge is 2.38. The summed E-state index contributed by atoms with van der Waals surface area (Å²) >= 11 is 0. The van der Waals surface area contributed by atoms with Gasteiger partial charge in [0.05, 0.1) is 0 Å². The van der Waals surface area contributed by atoms with Crippen LogP contribution in [0.5, 0.6) is 0 Å². The van der Waals surface area contributed by atoms with Gasteiger partial charge in [-0.15, -0.1) is 6.58 Å². The summed E-state index contributed by atoms with van der Waals surface area (Å²) in [6.07, 6.45) is 6.55. The highest BCUT2D eigenvalue weighted by Crippen LogP contribution is 2.41. The Kier molecular flexibility index (Phi) is 6.08. The van der Waals surface area contributed by atoms with Crippen molar-refractivity contribution in [2.24, 2.45) is 11.3 Å². The van der Waals surface area contributed by atoms with Crippen molar-refractivity contribution in [3.8, 4) is 0 Å². The second-order valence-electron chi connectivity index (χ2n) is 8.03. The molecule has 1 spiro atoms. The Morgan fingerprint density at radius 1 is 1.05 bits per heavy atom. The normalized spacial score (nSPS) is 22.3. The predicted octanol–water partition coefficient (Wildman–Crippen LogP) is 3.70. The number of rotatable bonds is 5. The summed E-state index contributed by atoms with van der Waals surface area (Å²) in [7, 11) is 0. The lowest BCUT2D eigenvalue weighted by Crippen LogP contribution is -2.48. The van der Waals surface area contributed by atoms with E-state index >= 15 is 0 Å². The quantitative estimate of drug-likeness (QED) is 0.723. The topological polar surface area (TPSA) is 23.6 Å². The highest BCUT2D eigenvalue weighted by atomic mass is 16.2. The van der Waals surface area contributed by atoms with Crippen LogP contribution in [0.4, 0.5) is 0 Å². The molecule has 0 bridgehead atoms. The zero-order chi connectivity index (χ0) is 16.2. The molecule has 0 atom stereocenters. The van der Waals surface area contributed by atoms with Gasteiger partial charge in [0.25, 0.3) is 0 Å². The average molecular weight is 306 g/mol. The molecule has 0 radical (unpaired) electrons. The van der Waals surface area contributed by atoms with Gasteiger partial charge in [-0.25, -0.2) is 0 Å². The Balaban J connectivity index is 1.75. The zero-order valence-electron chi connectivity index (χ0n) is 14.9. The first kappa shape index (κ1) is 17.5. The molecule has 126 valence electrons. The molecule has 1 amide bonds. The minimum absolute atomic E-state index is 0.329. The Bertz CT molecular complexity index is 384. The van der Waals surface area contributed by atoms with Gasteiger partial charge in [-0.3, -0.25) is 4.79 Å². The lowest BCUT2D eigenvalue weighted by atomic mass is 9.71. The minimum atomic E-state index is 0.329. The van der Waals surface area contributed by atoms with Gasteiger partial charge in [0.2, 0.25) is 5.91 Å². The van der Waals surface area contributed by atoms with Gasteiger partial charge < -0.3 is 9.80 Å². The van der Waals surface area contributed by atoms with E-state index in [1.807, 2.05) is 6.92 Å². The third-order valence-corrected chi connectivity index (χ3v) is 5.48. The Hall–Kier alpha value is -0.830. The molecule has 0 aromatic heterocycles. The minimum Gasteiger partial charge on any atom is -0.343 e. The fourth-order valence-corrected chi connectivity index (χ4v) is 3.94. The van der Waals surface area contributed by atoms with E-state index < -0.39 is 0 Å². The summed E-state index contributed by atoms with van der Waals surface area (Å²) in [6.45, 7) is 16.2. The Labute approximate surface area is 136 Å². The van der Waals surface area contributed by atoms with Crippen LogP contribution in [0.2, 0.25) is 0 Å². The first-order chi connectivity index (χ1) is 10.4. The zero-order valence-corrected chi connectivity index (χ0v) is 14.9. The molecule has 3 heteroatoms. The Morgan fingerprint density at radius 3 is 2.09 bits per heavy atom. The predicted molar refractivity (Wildman–Crippen MR) is 92.8 cm³/mol. The molecular weight excluding hydrogens is 272 g/mol. The van der Waals surface area contributed by atoms with Crippen molar-refractivity contribution in [2.75, 3.05) is 32.7 Å². The van der Waals surface area contributed by atoms with E-state index in [-0.39, 0.29) is 0 Å². The number of piperidine rings is 2. The van der Waals surface area contributed by atoms with E-state index in [2.05, 4.69) is 30.2 Å². The lowest BCUT2D eigenvalue weighted by molar-refractivity contribution is -0.134. The smallest absolute Gasteiger partial charge is 0.222 e. The molecule has 0 aromatic rings. The van der Waals surface area contributed by atoms with Crippen molar-refractivity contribution in [1.29, 1.82) is 0 Å². The molecule has 0 aliphatic carbocycles. The lowest BCUT2D eigenvalue weighted by Gasteiger charge is -2.47. The number of carbonyl (C=O) groups is 1. The van der Waals surface area contributed by atoms with Crippen LogP contribution in [-0.2, 0) is 4.79 Å². The van der Waals surface area contributed by atoms with Crippen LogP contribution < -0.4 is 0 Å². The third-order valence-electron chi connectivity index (χ3n) is 5.48. The molecule has 2 aliphatic rings. The van der Waals surface area contributed by atoms with Crippen molar-refractivity contribution in [2.45, 2.75) is 59.3 Å². The molecule has 0 N–H and O–H groups in total. The molecule has 2 heterocycles. The van der Waals surface area contributed by atoms with E-state index in [4.69, 9.17) is 0 Å². The standard InChI is InChI=1S/C19H34N2O/c1-16(2)5-6-18(22)21-13-9-19(10-14-21)7-11-20(12-8-19)15-17(3)4/h17H,1,5-15H2,2-4H3. The third kappa shape index (κ3) is 4.84. The number of carbonyl (C=O) groups excluding carboxylic acids is 1. The molecule has 0 unspecified atom stereocenters. The average Bonchev–Trinajstić information content (AvgIpc) is 2.48. The number of likely N-dealkylation sites (tertiary alicyclic amines) is 2. The van der Waals surface area contributed by atoms with E-state index in [1.165, 1.54) is 45.3 Å². The van der Waals surface area contributed by atoms with Crippen LogP contribution in [0, 0.1) is 11.3 Å². The van der Waals surface area contributed by atoms with Gasteiger partial charge in [-0.2, -0.15) is 0 Å². The number of hydrogen-bond donors (Lipinski definition) is 0. The monoisotopic (exact) mass is 306 g/mol. The maximum absolute atomic E-state index is 12.2. The van der Waals surface area contributed by atoms with E-state index in [0.717, 1.165) is 31.0 Å². The summed E-state index contributed by atoms with van der Waals surface area (Å²) in [4.78, 5) is 16.9. The van der Waals surface area contributed by atoms with Gasteiger partial charge in [0.1, 0.15) is 0 Å². The maximum atomic E-state index is 12.2. The van der Waals surface area contributed by atoms with E-state index in [9.17, 15) is 4.79 Å².